The Morgan fingerprint density at radius 3 is 2.75 bits per heavy atom. The third-order valence-corrected chi connectivity index (χ3v) is 5.30. The van der Waals surface area contributed by atoms with Gasteiger partial charge in [0.1, 0.15) is 18.2 Å². The number of anilines is 1. The second-order valence-corrected chi connectivity index (χ2v) is 7.39. The number of carbonyl (C=O) groups excluding carboxylic acids is 1. The van der Waals surface area contributed by atoms with E-state index in [1.54, 1.807) is 23.7 Å². The summed E-state index contributed by atoms with van der Waals surface area (Å²) in [5, 5.41) is 12.0. The predicted octanol–water partition coefficient (Wildman–Crippen LogP) is 4.57. The molecule has 1 amide bonds. The summed E-state index contributed by atoms with van der Waals surface area (Å²) in [5.74, 6) is 0.463. The zero-order valence-electron chi connectivity index (χ0n) is 14.7. The number of rotatable bonds is 7. The van der Waals surface area contributed by atoms with Gasteiger partial charge in [-0.2, -0.15) is 0 Å². The van der Waals surface area contributed by atoms with Crippen molar-refractivity contribution in [3.63, 3.8) is 0 Å². The highest BCUT2D eigenvalue weighted by Gasteiger charge is 2.13. The number of hydrogen-bond donors (Lipinski definition) is 1. The van der Waals surface area contributed by atoms with Crippen molar-refractivity contribution in [2.75, 3.05) is 11.1 Å². The van der Waals surface area contributed by atoms with Gasteiger partial charge in [-0.1, -0.05) is 47.1 Å². The first-order valence-electron chi connectivity index (χ1n) is 8.07. The smallest absolute Gasteiger partial charge is 0.234 e. The largest absolute Gasteiger partial charge is 0.484 e. The van der Waals surface area contributed by atoms with Gasteiger partial charge < -0.3 is 14.6 Å². The lowest BCUT2D eigenvalue weighted by molar-refractivity contribution is -0.113. The second-order valence-electron chi connectivity index (χ2n) is 5.64. The minimum Gasteiger partial charge on any atom is -0.484 e. The maximum Gasteiger partial charge on any atom is 0.234 e. The number of halogens is 3. The third-order valence-electron chi connectivity index (χ3n) is 3.66. The standard InChI is InChI=1S/C18H15Cl2FN4O2S/c1-25-16(9-27-15-5-3-2-4-12(15)19)23-24-18(25)28-10-17(26)22-14-7-6-11(21)8-13(14)20/h2-8H,9-10H2,1H3,(H,22,26). The van der Waals surface area contributed by atoms with Gasteiger partial charge in [-0.05, 0) is 30.3 Å². The Balaban J connectivity index is 1.55. The molecular formula is C18H15Cl2FN4O2S. The third kappa shape index (κ3) is 5.15. The zero-order chi connectivity index (χ0) is 20.1. The number of para-hydroxylation sites is 1. The minimum absolute atomic E-state index is 0.0883. The number of nitrogens with zero attached hydrogens (tertiary/aromatic N) is 3. The van der Waals surface area contributed by atoms with Crippen LogP contribution in [0.3, 0.4) is 0 Å². The Morgan fingerprint density at radius 2 is 2.00 bits per heavy atom. The van der Waals surface area contributed by atoms with E-state index >= 15 is 0 Å². The van der Waals surface area contributed by atoms with Crippen molar-refractivity contribution in [2.24, 2.45) is 7.05 Å². The van der Waals surface area contributed by atoms with Crippen molar-refractivity contribution >= 4 is 46.6 Å². The average Bonchev–Trinajstić information content (AvgIpc) is 3.01. The molecule has 3 rings (SSSR count). The van der Waals surface area contributed by atoms with Crippen LogP contribution in [-0.2, 0) is 18.4 Å². The highest BCUT2D eigenvalue weighted by molar-refractivity contribution is 7.99. The number of hydrogen-bond acceptors (Lipinski definition) is 5. The molecule has 6 nitrogen and oxygen atoms in total. The molecule has 2 aromatic carbocycles. The molecule has 1 aromatic heterocycles. The fourth-order valence-electron chi connectivity index (χ4n) is 2.21. The summed E-state index contributed by atoms with van der Waals surface area (Å²) in [6.07, 6.45) is 0. The van der Waals surface area contributed by atoms with Gasteiger partial charge in [0.15, 0.2) is 11.0 Å². The van der Waals surface area contributed by atoms with E-state index in [0.29, 0.717) is 27.4 Å². The monoisotopic (exact) mass is 440 g/mol. The predicted molar refractivity (Wildman–Crippen MR) is 108 cm³/mol. The first kappa shape index (κ1) is 20.4. The van der Waals surface area contributed by atoms with Gasteiger partial charge in [0, 0.05) is 7.05 Å². The molecule has 1 heterocycles. The molecule has 0 aliphatic carbocycles. The van der Waals surface area contributed by atoms with Crippen LogP contribution in [0, 0.1) is 5.82 Å². The van der Waals surface area contributed by atoms with Gasteiger partial charge in [-0.3, -0.25) is 4.79 Å². The molecule has 3 aromatic rings. The number of benzene rings is 2. The molecule has 146 valence electrons. The second kappa shape index (κ2) is 9.27. The number of amides is 1. The first-order valence-corrected chi connectivity index (χ1v) is 9.81. The Labute approximate surface area is 175 Å². The van der Waals surface area contributed by atoms with Crippen LogP contribution in [0.5, 0.6) is 5.75 Å². The molecule has 0 saturated carbocycles. The van der Waals surface area contributed by atoms with Gasteiger partial charge in [0.05, 0.1) is 21.5 Å². The van der Waals surface area contributed by atoms with Crippen molar-refractivity contribution in [1.29, 1.82) is 0 Å². The van der Waals surface area contributed by atoms with Crippen LogP contribution in [0.15, 0.2) is 47.6 Å². The molecule has 0 radical (unpaired) electrons. The van der Waals surface area contributed by atoms with Crippen LogP contribution >= 0.6 is 35.0 Å². The lowest BCUT2D eigenvalue weighted by Crippen LogP contribution is -2.15. The van der Waals surface area contributed by atoms with Gasteiger partial charge >= 0.3 is 0 Å². The van der Waals surface area contributed by atoms with E-state index in [4.69, 9.17) is 27.9 Å². The normalized spacial score (nSPS) is 10.7. The first-order chi connectivity index (χ1) is 13.4. The molecule has 28 heavy (non-hydrogen) atoms. The van der Waals surface area contributed by atoms with Crippen LogP contribution in [0.25, 0.3) is 0 Å². The van der Waals surface area contributed by atoms with Crippen LogP contribution in [0.2, 0.25) is 10.0 Å². The average molecular weight is 441 g/mol. The van der Waals surface area contributed by atoms with Crippen LogP contribution in [-0.4, -0.2) is 26.4 Å². The summed E-state index contributed by atoms with van der Waals surface area (Å²) in [6.45, 7) is 0.186. The highest BCUT2D eigenvalue weighted by Crippen LogP contribution is 2.25. The van der Waals surface area contributed by atoms with Crippen LogP contribution in [0.4, 0.5) is 10.1 Å². The maximum atomic E-state index is 13.1. The molecule has 0 aliphatic rings. The van der Waals surface area contributed by atoms with E-state index < -0.39 is 5.82 Å². The highest BCUT2D eigenvalue weighted by atomic mass is 35.5. The minimum atomic E-state index is -0.469. The number of thioether (sulfide) groups is 1. The molecule has 1 N–H and O–H groups in total. The Hall–Kier alpha value is -2.29. The number of ether oxygens (including phenoxy) is 1. The Bertz CT molecular complexity index is 999. The lowest BCUT2D eigenvalue weighted by Gasteiger charge is -2.08. The van der Waals surface area contributed by atoms with E-state index in [9.17, 15) is 9.18 Å². The maximum absolute atomic E-state index is 13.1. The van der Waals surface area contributed by atoms with Crippen LogP contribution < -0.4 is 10.1 Å². The van der Waals surface area contributed by atoms with E-state index in [1.807, 2.05) is 12.1 Å². The molecule has 0 aliphatic heterocycles. The molecule has 10 heteroatoms. The SMILES string of the molecule is Cn1c(COc2ccccc2Cl)nnc1SCC(=O)Nc1ccc(F)cc1Cl. The number of carbonyl (C=O) groups is 1. The van der Waals surface area contributed by atoms with Crippen molar-refractivity contribution < 1.29 is 13.9 Å². The fraction of sp³-hybridized carbons (Fsp3) is 0.167. The van der Waals surface area contributed by atoms with E-state index in [0.717, 1.165) is 6.07 Å². The van der Waals surface area contributed by atoms with Gasteiger partial charge in [0.2, 0.25) is 5.91 Å². The van der Waals surface area contributed by atoms with Crippen molar-refractivity contribution in [2.45, 2.75) is 11.8 Å². The quantitative estimate of drug-likeness (QED) is 0.544. The summed E-state index contributed by atoms with van der Waals surface area (Å²) in [7, 11) is 1.78. The summed E-state index contributed by atoms with van der Waals surface area (Å²) in [6, 6.07) is 10.9. The van der Waals surface area contributed by atoms with Crippen LogP contribution in [0.1, 0.15) is 5.82 Å². The molecule has 0 bridgehead atoms. The van der Waals surface area contributed by atoms with Crippen molar-refractivity contribution in [3.05, 3.63) is 64.2 Å². The molecule has 0 fully saturated rings. The molecule has 0 unspecified atom stereocenters. The van der Waals surface area contributed by atoms with Gasteiger partial charge in [0.25, 0.3) is 0 Å². The fourth-order valence-corrected chi connectivity index (χ4v) is 3.34. The summed E-state index contributed by atoms with van der Waals surface area (Å²) < 4.78 is 20.4. The summed E-state index contributed by atoms with van der Waals surface area (Å²) >= 11 is 13.2. The summed E-state index contributed by atoms with van der Waals surface area (Å²) in [5.41, 5.74) is 0.348. The Kier molecular flexibility index (Phi) is 6.77. The van der Waals surface area contributed by atoms with Crippen molar-refractivity contribution in [3.8, 4) is 5.75 Å². The van der Waals surface area contributed by atoms with E-state index in [2.05, 4.69) is 15.5 Å². The zero-order valence-corrected chi connectivity index (χ0v) is 17.0. The Morgan fingerprint density at radius 1 is 1.21 bits per heavy atom. The number of aromatic nitrogens is 3. The lowest BCUT2D eigenvalue weighted by atomic mass is 10.3. The van der Waals surface area contributed by atoms with E-state index in [1.165, 1.54) is 23.9 Å². The van der Waals surface area contributed by atoms with Gasteiger partial charge in [-0.25, -0.2) is 4.39 Å². The molecule has 0 atom stereocenters. The molecule has 0 saturated heterocycles. The van der Waals surface area contributed by atoms with Crippen molar-refractivity contribution in [1.82, 2.24) is 14.8 Å². The van der Waals surface area contributed by atoms with Gasteiger partial charge in [-0.15, -0.1) is 10.2 Å². The number of nitrogens with one attached hydrogen (secondary N) is 1. The topological polar surface area (TPSA) is 69.0 Å². The molecule has 0 spiro atoms. The summed E-state index contributed by atoms with van der Waals surface area (Å²) in [4.78, 5) is 12.1. The molecular weight excluding hydrogens is 426 g/mol. The van der Waals surface area contributed by atoms with E-state index in [-0.39, 0.29) is 23.3 Å².